The van der Waals surface area contributed by atoms with Crippen LogP contribution in [0.5, 0.6) is 0 Å². The first-order chi connectivity index (χ1) is 13.7. The Morgan fingerprint density at radius 3 is 2.59 bits per heavy atom. The quantitative estimate of drug-likeness (QED) is 0.582. The molecule has 1 spiro atoms. The van der Waals surface area contributed by atoms with Crippen molar-refractivity contribution in [1.29, 1.82) is 0 Å². The van der Waals surface area contributed by atoms with Crippen molar-refractivity contribution in [2.45, 2.75) is 52.0 Å². The Hall–Kier alpha value is -2.90. The van der Waals surface area contributed by atoms with E-state index in [1.807, 2.05) is 39.0 Å². The lowest BCUT2D eigenvalue weighted by molar-refractivity contribution is -0.150. The molecule has 0 radical (unpaired) electrons. The van der Waals surface area contributed by atoms with Gasteiger partial charge in [-0.15, -0.1) is 0 Å². The molecule has 4 amide bonds. The van der Waals surface area contributed by atoms with E-state index in [2.05, 4.69) is 10.6 Å². The van der Waals surface area contributed by atoms with Crippen molar-refractivity contribution in [2.24, 2.45) is 5.92 Å². The molecule has 0 unspecified atom stereocenters. The molecule has 0 bridgehead atoms. The number of nitrogens with zero attached hydrogens (tertiary/aromatic N) is 1. The van der Waals surface area contributed by atoms with Crippen LogP contribution in [-0.4, -0.2) is 47.4 Å². The van der Waals surface area contributed by atoms with Gasteiger partial charge in [0.2, 0.25) is 0 Å². The summed E-state index contributed by atoms with van der Waals surface area (Å²) in [6.45, 7) is 4.69. The Labute approximate surface area is 170 Å². The fourth-order valence-electron chi connectivity index (χ4n) is 4.15. The molecule has 3 rings (SSSR count). The molecule has 1 saturated heterocycles. The lowest BCUT2D eigenvalue weighted by Gasteiger charge is -2.36. The number of amides is 4. The maximum absolute atomic E-state index is 12.8. The molecule has 0 aromatic heterocycles. The number of aryl methyl sites for hydroxylation is 2. The standard InChI is InChI=1S/C21H27N3O5/c1-13-7-6-8-14(2)18(13)22-16(25)12-29-17(26)11-24-19(27)21(23-20(24)28)10-5-4-9-15(21)3/h6-8,15H,4-5,9-12H2,1-3H3,(H,22,25)(H,23,28)/t15-,21+/m1/s1. The lowest BCUT2D eigenvalue weighted by Crippen LogP contribution is -2.54. The van der Waals surface area contributed by atoms with Crippen LogP contribution in [0.3, 0.4) is 0 Å². The minimum atomic E-state index is -0.921. The van der Waals surface area contributed by atoms with E-state index in [1.54, 1.807) is 0 Å². The van der Waals surface area contributed by atoms with Crippen molar-refractivity contribution in [3.05, 3.63) is 29.3 Å². The van der Waals surface area contributed by atoms with Crippen LogP contribution in [0, 0.1) is 19.8 Å². The first kappa shape index (κ1) is 20.8. The number of hydrogen-bond donors (Lipinski definition) is 2. The lowest BCUT2D eigenvalue weighted by atomic mass is 9.73. The highest BCUT2D eigenvalue weighted by Gasteiger charge is 2.55. The van der Waals surface area contributed by atoms with E-state index in [-0.39, 0.29) is 11.8 Å². The Morgan fingerprint density at radius 2 is 1.93 bits per heavy atom. The SMILES string of the molecule is Cc1cccc(C)c1NC(=O)COC(=O)CN1C(=O)N[C@]2(CCCC[C@H]2C)C1=O. The topological polar surface area (TPSA) is 105 Å². The van der Waals surface area contributed by atoms with Gasteiger partial charge in [0.05, 0.1) is 0 Å². The van der Waals surface area contributed by atoms with Gasteiger partial charge in [-0.2, -0.15) is 0 Å². The molecule has 1 saturated carbocycles. The summed E-state index contributed by atoms with van der Waals surface area (Å²) in [6.07, 6.45) is 3.29. The third kappa shape index (κ3) is 4.11. The zero-order chi connectivity index (χ0) is 21.2. The zero-order valence-corrected chi connectivity index (χ0v) is 17.0. The summed E-state index contributed by atoms with van der Waals surface area (Å²) in [5.41, 5.74) is 1.55. The molecule has 1 heterocycles. The van der Waals surface area contributed by atoms with Crippen LogP contribution in [0.2, 0.25) is 0 Å². The summed E-state index contributed by atoms with van der Waals surface area (Å²) < 4.78 is 4.99. The van der Waals surface area contributed by atoms with Gasteiger partial charge in [0.15, 0.2) is 6.61 Å². The molecule has 2 fully saturated rings. The van der Waals surface area contributed by atoms with E-state index in [1.165, 1.54) is 0 Å². The molecule has 2 atom stereocenters. The van der Waals surface area contributed by atoms with E-state index in [0.29, 0.717) is 12.1 Å². The van der Waals surface area contributed by atoms with E-state index in [4.69, 9.17) is 4.74 Å². The molecular formula is C21H27N3O5. The predicted molar refractivity (Wildman–Crippen MR) is 106 cm³/mol. The van der Waals surface area contributed by atoms with Gasteiger partial charge in [0, 0.05) is 5.69 Å². The van der Waals surface area contributed by atoms with E-state index >= 15 is 0 Å². The number of imide groups is 1. The summed E-state index contributed by atoms with van der Waals surface area (Å²) in [5.74, 6) is -1.65. The molecule has 1 aliphatic carbocycles. The van der Waals surface area contributed by atoms with Crippen molar-refractivity contribution >= 4 is 29.5 Å². The van der Waals surface area contributed by atoms with Gasteiger partial charge in [0.25, 0.3) is 11.8 Å². The summed E-state index contributed by atoms with van der Waals surface area (Å²) in [4.78, 5) is 50.3. The molecule has 1 aromatic rings. The average molecular weight is 401 g/mol. The molecule has 2 aliphatic rings. The van der Waals surface area contributed by atoms with Gasteiger partial charge in [0.1, 0.15) is 12.1 Å². The molecule has 8 heteroatoms. The number of anilines is 1. The Bertz CT molecular complexity index is 832. The van der Waals surface area contributed by atoms with Gasteiger partial charge in [-0.1, -0.05) is 38.0 Å². The highest BCUT2D eigenvalue weighted by atomic mass is 16.5. The molecule has 1 aliphatic heterocycles. The monoisotopic (exact) mass is 401 g/mol. The molecule has 1 aromatic carbocycles. The molecule has 2 N–H and O–H groups in total. The van der Waals surface area contributed by atoms with Gasteiger partial charge < -0.3 is 15.4 Å². The van der Waals surface area contributed by atoms with Gasteiger partial charge in [-0.05, 0) is 43.7 Å². The maximum atomic E-state index is 12.8. The van der Waals surface area contributed by atoms with Crippen molar-refractivity contribution in [3.63, 3.8) is 0 Å². The summed E-state index contributed by atoms with van der Waals surface area (Å²) in [6, 6.07) is 5.04. The zero-order valence-electron chi connectivity index (χ0n) is 17.0. The fraction of sp³-hybridized carbons (Fsp3) is 0.524. The van der Waals surface area contributed by atoms with Gasteiger partial charge in [-0.25, -0.2) is 4.79 Å². The second kappa shape index (κ2) is 8.23. The highest BCUT2D eigenvalue weighted by Crippen LogP contribution is 2.38. The number of benzene rings is 1. The van der Waals surface area contributed by atoms with Gasteiger partial charge >= 0.3 is 12.0 Å². The number of urea groups is 1. The second-order valence-electron chi connectivity index (χ2n) is 7.92. The maximum Gasteiger partial charge on any atom is 0.326 e. The van der Waals surface area contributed by atoms with Crippen LogP contribution in [0.25, 0.3) is 0 Å². The number of ether oxygens (including phenoxy) is 1. The number of para-hydroxylation sites is 1. The van der Waals surface area contributed by atoms with E-state index in [0.717, 1.165) is 35.3 Å². The Kier molecular flexibility index (Phi) is 5.91. The molecule has 156 valence electrons. The number of hydrogen-bond acceptors (Lipinski definition) is 5. The van der Waals surface area contributed by atoms with Crippen molar-refractivity contribution in [3.8, 4) is 0 Å². The number of esters is 1. The smallest absolute Gasteiger partial charge is 0.326 e. The minimum Gasteiger partial charge on any atom is -0.454 e. The van der Waals surface area contributed by atoms with Gasteiger partial charge in [-0.3, -0.25) is 19.3 Å². The molecular weight excluding hydrogens is 374 g/mol. The third-order valence-electron chi connectivity index (χ3n) is 5.90. The van der Waals surface area contributed by atoms with Crippen LogP contribution in [0.15, 0.2) is 18.2 Å². The van der Waals surface area contributed by atoms with Crippen LogP contribution in [0.4, 0.5) is 10.5 Å². The average Bonchev–Trinajstić information content (AvgIpc) is 2.90. The fourth-order valence-corrected chi connectivity index (χ4v) is 4.15. The van der Waals surface area contributed by atoms with Crippen molar-refractivity contribution in [1.82, 2.24) is 10.2 Å². The van der Waals surface area contributed by atoms with Crippen molar-refractivity contribution < 1.29 is 23.9 Å². The van der Waals surface area contributed by atoms with Crippen LogP contribution in [-0.2, 0) is 19.1 Å². The van der Waals surface area contributed by atoms with Crippen LogP contribution >= 0.6 is 0 Å². The minimum absolute atomic E-state index is 0.0110. The number of carbonyl (C=O) groups excluding carboxylic acids is 4. The number of rotatable bonds is 5. The third-order valence-corrected chi connectivity index (χ3v) is 5.90. The van der Waals surface area contributed by atoms with E-state index < -0.39 is 36.6 Å². The second-order valence-corrected chi connectivity index (χ2v) is 7.92. The van der Waals surface area contributed by atoms with Crippen LogP contribution < -0.4 is 10.6 Å². The Morgan fingerprint density at radius 1 is 1.24 bits per heavy atom. The van der Waals surface area contributed by atoms with Crippen LogP contribution in [0.1, 0.15) is 43.7 Å². The summed E-state index contributed by atoms with van der Waals surface area (Å²) in [5, 5.41) is 5.51. The first-order valence-electron chi connectivity index (χ1n) is 9.90. The largest absolute Gasteiger partial charge is 0.454 e. The number of carbonyl (C=O) groups is 4. The highest BCUT2D eigenvalue weighted by molar-refractivity contribution is 6.09. The number of nitrogens with one attached hydrogen (secondary N) is 2. The molecule has 29 heavy (non-hydrogen) atoms. The predicted octanol–water partition coefficient (Wildman–Crippen LogP) is 2.29. The first-order valence-corrected chi connectivity index (χ1v) is 9.90. The molecule has 8 nitrogen and oxygen atoms in total. The summed E-state index contributed by atoms with van der Waals surface area (Å²) in [7, 11) is 0. The summed E-state index contributed by atoms with van der Waals surface area (Å²) >= 11 is 0. The van der Waals surface area contributed by atoms with Crippen molar-refractivity contribution in [2.75, 3.05) is 18.5 Å². The Balaban J connectivity index is 1.55. The normalized spacial score (nSPS) is 23.8. The van der Waals surface area contributed by atoms with E-state index in [9.17, 15) is 19.2 Å².